The highest BCUT2D eigenvalue weighted by molar-refractivity contribution is 6.64. The van der Waals surface area contributed by atoms with Gasteiger partial charge in [0.1, 0.15) is 11.3 Å². The molecule has 1 saturated heterocycles. The van der Waals surface area contributed by atoms with Gasteiger partial charge in [-0.2, -0.15) is 0 Å². The fraction of sp³-hybridized carbons (Fsp3) is 0.184. The zero-order chi connectivity index (χ0) is 41.3. The number of hydrogen-bond acceptors (Lipinski definition) is 6. The number of aryl methyl sites for hydroxylation is 1. The van der Waals surface area contributed by atoms with Crippen LogP contribution in [0.5, 0.6) is 0 Å². The van der Waals surface area contributed by atoms with Gasteiger partial charge < -0.3 is 29.9 Å². The third kappa shape index (κ3) is 6.03. The van der Waals surface area contributed by atoms with E-state index < -0.39 is 18.3 Å². The second-order valence-electron chi connectivity index (χ2n) is 16.6. The quantitative estimate of drug-likeness (QED) is 0.129. The molecule has 5 heterocycles. The number of nitrogens with one attached hydrogen (secondary N) is 4. The number of aromatic amines is 2. The molecule has 4 aromatic heterocycles. The van der Waals surface area contributed by atoms with Gasteiger partial charge in [0.05, 0.1) is 34.4 Å². The number of carbonyl (C=O) groups excluding carboxylic acids is 2. The van der Waals surface area contributed by atoms with Gasteiger partial charge in [-0.05, 0) is 114 Å². The Morgan fingerprint density at radius 1 is 0.583 bits per heavy atom. The summed E-state index contributed by atoms with van der Waals surface area (Å²) in [5, 5.41) is 8.15. The molecule has 60 heavy (non-hydrogen) atoms. The molecule has 8 aromatic rings. The molecule has 11 rings (SSSR count). The van der Waals surface area contributed by atoms with E-state index in [1.165, 1.54) is 16.7 Å². The predicted octanol–water partition coefficient (Wildman–Crippen LogP) is 8.73. The van der Waals surface area contributed by atoms with Crippen molar-refractivity contribution in [3.8, 4) is 22.3 Å². The van der Waals surface area contributed by atoms with Crippen LogP contribution >= 0.6 is 0 Å². The Hall–Kier alpha value is -6.82. The van der Waals surface area contributed by atoms with E-state index in [1.54, 1.807) is 36.9 Å². The van der Waals surface area contributed by atoms with Crippen molar-refractivity contribution in [3.63, 3.8) is 0 Å². The smallest absolute Gasteiger partial charge is 0.399 e. The average molecular weight is 791 g/mol. The van der Waals surface area contributed by atoms with Crippen LogP contribution in [-0.4, -0.2) is 50.1 Å². The summed E-state index contributed by atoms with van der Waals surface area (Å²) in [6.07, 6.45) is 6.92. The molecule has 3 aliphatic rings. The van der Waals surface area contributed by atoms with Gasteiger partial charge in [-0.3, -0.25) is 9.59 Å². The monoisotopic (exact) mass is 790 g/mol. The Morgan fingerprint density at radius 2 is 1.05 bits per heavy atom. The van der Waals surface area contributed by atoms with Crippen LogP contribution in [0.25, 0.3) is 44.3 Å². The van der Waals surface area contributed by atoms with E-state index in [0.29, 0.717) is 16.8 Å². The maximum absolute atomic E-state index is 13.4. The topological polar surface area (TPSA) is 134 Å². The van der Waals surface area contributed by atoms with E-state index in [9.17, 15) is 9.59 Å². The van der Waals surface area contributed by atoms with Crippen molar-refractivity contribution in [2.45, 2.75) is 57.9 Å². The lowest BCUT2D eigenvalue weighted by Gasteiger charge is -2.32. The first-order chi connectivity index (χ1) is 29.0. The van der Waals surface area contributed by atoms with Crippen molar-refractivity contribution in [2.75, 3.05) is 0 Å². The molecule has 2 amide bonds. The summed E-state index contributed by atoms with van der Waals surface area (Å²) in [5.74, 6) is -0.230. The fourth-order valence-corrected chi connectivity index (χ4v) is 8.94. The van der Waals surface area contributed by atoms with E-state index in [0.717, 1.165) is 55.3 Å². The minimum Gasteiger partial charge on any atom is -0.399 e. The minimum absolute atomic E-state index is 0.0915. The lowest BCUT2D eigenvalue weighted by atomic mass is 9.74. The molecule has 0 radical (unpaired) electrons. The average Bonchev–Trinajstić information content (AvgIpc) is 4.08. The Labute approximate surface area is 347 Å². The summed E-state index contributed by atoms with van der Waals surface area (Å²) in [6, 6.07) is 35.8. The SMILES string of the molecule is CC1(C)OB(c2cccc3c2-c2ccccc2C3NC(=O)c2ccnc3[nH]ccc23)OC1(C)C.Cc1cccc2c1-c1ccccc1C2NC(=O)c1ccnc2[nH]ccc12. The van der Waals surface area contributed by atoms with Crippen LogP contribution in [0.15, 0.2) is 134 Å². The van der Waals surface area contributed by atoms with Crippen LogP contribution in [0.3, 0.4) is 0 Å². The number of amides is 2. The van der Waals surface area contributed by atoms with Crippen LogP contribution < -0.4 is 16.1 Å². The van der Waals surface area contributed by atoms with Crippen molar-refractivity contribution >= 4 is 46.5 Å². The highest BCUT2D eigenvalue weighted by atomic mass is 16.7. The van der Waals surface area contributed by atoms with Gasteiger partial charge in [0.15, 0.2) is 0 Å². The molecule has 0 saturated carbocycles. The Morgan fingerprint density at radius 3 is 1.60 bits per heavy atom. The number of benzene rings is 4. The number of fused-ring (bicyclic) bond motifs is 8. The number of pyridine rings is 2. The highest BCUT2D eigenvalue weighted by Crippen LogP contribution is 2.46. The zero-order valence-electron chi connectivity index (χ0n) is 34.0. The van der Waals surface area contributed by atoms with Crippen molar-refractivity contribution in [2.24, 2.45) is 0 Å². The first-order valence-corrected chi connectivity index (χ1v) is 20.2. The van der Waals surface area contributed by atoms with Gasteiger partial charge in [-0.15, -0.1) is 0 Å². The molecule has 2 unspecified atom stereocenters. The predicted molar refractivity (Wildman–Crippen MR) is 235 cm³/mol. The minimum atomic E-state index is -0.484. The second kappa shape index (κ2) is 14.2. The molecule has 4 aromatic carbocycles. The molecule has 1 aliphatic heterocycles. The molecule has 0 spiro atoms. The summed E-state index contributed by atoms with van der Waals surface area (Å²) < 4.78 is 12.8. The van der Waals surface area contributed by atoms with Gasteiger partial charge in [0, 0.05) is 35.6 Å². The summed E-state index contributed by atoms with van der Waals surface area (Å²) in [7, 11) is -0.484. The number of hydrogen-bond donors (Lipinski definition) is 4. The lowest BCUT2D eigenvalue weighted by molar-refractivity contribution is 0.00578. The van der Waals surface area contributed by atoms with E-state index in [2.05, 4.69) is 120 Å². The van der Waals surface area contributed by atoms with Gasteiger partial charge in [0.2, 0.25) is 0 Å². The van der Waals surface area contributed by atoms with Crippen LogP contribution in [0, 0.1) is 6.92 Å². The van der Waals surface area contributed by atoms with Crippen LogP contribution in [-0.2, 0) is 9.31 Å². The van der Waals surface area contributed by atoms with E-state index in [4.69, 9.17) is 9.31 Å². The number of nitrogens with zero attached hydrogens (tertiary/aromatic N) is 2. The van der Waals surface area contributed by atoms with Gasteiger partial charge in [-0.1, -0.05) is 84.9 Å². The number of H-pyrrole nitrogens is 2. The molecule has 0 bridgehead atoms. The maximum atomic E-state index is 13.4. The van der Waals surface area contributed by atoms with Crippen molar-refractivity contribution < 1.29 is 18.9 Å². The van der Waals surface area contributed by atoms with Crippen molar-refractivity contribution in [1.82, 2.24) is 30.6 Å². The van der Waals surface area contributed by atoms with Gasteiger partial charge >= 0.3 is 7.12 Å². The van der Waals surface area contributed by atoms with Crippen LogP contribution in [0.2, 0.25) is 0 Å². The van der Waals surface area contributed by atoms with E-state index in [1.807, 2.05) is 42.5 Å². The summed E-state index contributed by atoms with van der Waals surface area (Å²) in [6.45, 7) is 10.4. The summed E-state index contributed by atoms with van der Waals surface area (Å²) >= 11 is 0. The number of aromatic nitrogens is 4. The normalized spacial score (nSPS) is 17.6. The number of carbonyl (C=O) groups is 2. The van der Waals surface area contributed by atoms with Gasteiger partial charge in [-0.25, -0.2) is 9.97 Å². The van der Waals surface area contributed by atoms with Crippen LogP contribution in [0.1, 0.15) is 88.3 Å². The Bertz CT molecular complexity index is 2990. The number of rotatable bonds is 5. The third-order valence-electron chi connectivity index (χ3n) is 12.6. The molecular weight excluding hydrogens is 747 g/mol. The van der Waals surface area contributed by atoms with Crippen molar-refractivity contribution in [1.29, 1.82) is 0 Å². The maximum Gasteiger partial charge on any atom is 0.495 e. The molecule has 4 N–H and O–H groups in total. The lowest BCUT2D eigenvalue weighted by Crippen LogP contribution is -2.41. The molecule has 1 fully saturated rings. The zero-order valence-corrected chi connectivity index (χ0v) is 34.0. The standard InChI is InChI=1S/C27H26BN3O3.C22H17N3O/c1-26(2)27(3,4)34-28(33-26)21-11-7-10-20-22(21)16-8-5-6-9-17(16)23(20)31-25(32)19-13-15-30-24-18(19)12-14-29-24;1-13-5-4-8-18-19(13)14-6-2-3-7-15(14)20(18)25-22(26)17-10-12-24-21-16(17)9-11-23-21/h5-15,23H,1-4H3,(H,29,30)(H,31,32);2-12,20H,1H3,(H,23,24)(H,25,26). The molecule has 2 atom stereocenters. The fourth-order valence-electron chi connectivity index (χ4n) is 8.94. The molecule has 11 heteroatoms. The molecule has 296 valence electrons. The highest BCUT2D eigenvalue weighted by Gasteiger charge is 2.53. The largest absolute Gasteiger partial charge is 0.495 e. The summed E-state index contributed by atoms with van der Waals surface area (Å²) in [5.41, 5.74) is 13.0. The van der Waals surface area contributed by atoms with E-state index in [-0.39, 0.29) is 23.9 Å². The molecular formula is C49H43BN6O4. The third-order valence-corrected chi connectivity index (χ3v) is 12.6. The Balaban J connectivity index is 0.000000149. The van der Waals surface area contributed by atoms with Crippen molar-refractivity contribution in [3.05, 3.63) is 173 Å². The van der Waals surface area contributed by atoms with Crippen LogP contribution in [0.4, 0.5) is 0 Å². The first-order valence-electron chi connectivity index (χ1n) is 20.2. The first kappa shape index (κ1) is 37.5. The molecule has 2 aliphatic carbocycles. The summed E-state index contributed by atoms with van der Waals surface area (Å²) in [4.78, 5) is 41.2. The second-order valence-corrected chi connectivity index (χ2v) is 16.6. The van der Waals surface area contributed by atoms with E-state index >= 15 is 0 Å². The van der Waals surface area contributed by atoms with Gasteiger partial charge in [0.25, 0.3) is 11.8 Å². The molecule has 10 nitrogen and oxygen atoms in total. The Kier molecular flexibility index (Phi) is 8.85.